The second kappa shape index (κ2) is 9.82. The van der Waals surface area contributed by atoms with Crippen LogP contribution in [0.2, 0.25) is 0 Å². The first kappa shape index (κ1) is 23.7. The number of aliphatic hydroxyl groups excluding tert-OH is 1. The smallest absolute Gasteiger partial charge is 0.407 e. The summed E-state index contributed by atoms with van der Waals surface area (Å²) >= 11 is 0. The van der Waals surface area contributed by atoms with Crippen molar-refractivity contribution in [2.75, 3.05) is 26.4 Å². The van der Waals surface area contributed by atoms with Crippen molar-refractivity contribution in [2.45, 2.75) is 31.4 Å². The topological polar surface area (TPSA) is 134 Å². The fourth-order valence-corrected chi connectivity index (χ4v) is 4.48. The standard InChI is InChI=1S/C25H28N2O7/c1-25(23(30)31)14-33-13-21(25)27-22(29)10-15(28)11-26-24(32)34-12-20-18-8-4-2-6-16(18)17-7-3-5-9-19(17)20/h2-9,15,20-21,28H,10-14H2,1H3,(H,26,32)(H,27,29)(H,30,31). The van der Waals surface area contributed by atoms with E-state index < -0.39 is 35.5 Å². The molecule has 1 heterocycles. The molecule has 4 N–H and O–H groups in total. The first-order chi connectivity index (χ1) is 16.3. The normalized spacial score (nSPS) is 21.9. The molecular weight excluding hydrogens is 440 g/mol. The number of aliphatic hydroxyl groups is 1. The molecule has 0 radical (unpaired) electrons. The van der Waals surface area contributed by atoms with Gasteiger partial charge in [0.15, 0.2) is 0 Å². The number of ether oxygens (including phenoxy) is 2. The van der Waals surface area contributed by atoms with E-state index in [0.717, 1.165) is 22.3 Å². The molecule has 2 aromatic carbocycles. The number of carbonyl (C=O) groups excluding carboxylic acids is 2. The Bertz CT molecular complexity index is 1040. The first-order valence-corrected chi connectivity index (χ1v) is 11.2. The highest BCUT2D eigenvalue weighted by Gasteiger charge is 2.47. The largest absolute Gasteiger partial charge is 0.481 e. The SMILES string of the molecule is CC1(C(=O)O)COCC1NC(=O)CC(O)CNC(=O)OCC1c2ccccc2-c2ccccc21. The lowest BCUT2D eigenvalue weighted by molar-refractivity contribution is -0.149. The molecule has 4 rings (SSSR count). The number of alkyl carbamates (subject to hydrolysis) is 1. The number of rotatable bonds is 8. The molecule has 2 aromatic rings. The third-order valence-electron chi connectivity index (χ3n) is 6.53. The van der Waals surface area contributed by atoms with Gasteiger partial charge in [-0.25, -0.2) is 4.79 Å². The molecular formula is C25H28N2O7. The highest BCUT2D eigenvalue weighted by molar-refractivity contribution is 5.81. The number of amides is 2. The summed E-state index contributed by atoms with van der Waals surface area (Å²) in [6.45, 7) is 1.55. The van der Waals surface area contributed by atoms with Crippen molar-refractivity contribution in [3.63, 3.8) is 0 Å². The number of carbonyl (C=O) groups is 3. The Kier molecular flexibility index (Phi) is 6.85. The van der Waals surface area contributed by atoms with E-state index in [0.29, 0.717) is 0 Å². The number of benzene rings is 2. The summed E-state index contributed by atoms with van der Waals surface area (Å²) in [7, 11) is 0. The quantitative estimate of drug-likeness (QED) is 0.465. The summed E-state index contributed by atoms with van der Waals surface area (Å²) in [5.74, 6) is -1.66. The highest BCUT2D eigenvalue weighted by atomic mass is 16.5. The minimum atomic E-state index is -1.22. The Morgan fingerprint density at radius 3 is 2.35 bits per heavy atom. The molecule has 2 amide bonds. The molecule has 1 fully saturated rings. The van der Waals surface area contributed by atoms with Crippen LogP contribution in [0.5, 0.6) is 0 Å². The van der Waals surface area contributed by atoms with Gasteiger partial charge in [0, 0.05) is 12.5 Å². The van der Waals surface area contributed by atoms with Crippen LogP contribution in [-0.4, -0.2) is 66.7 Å². The molecule has 2 aliphatic rings. The number of carboxylic acids is 1. The second-order valence-corrected chi connectivity index (χ2v) is 8.92. The van der Waals surface area contributed by atoms with Crippen LogP contribution >= 0.6 is 0 Å². The van der Waals surface area contributed by atoms with Gasteiger partial charge in [-0.05, 0) is 29.2 Å². The van der Waals surface area contributed by atoms with Crippen LogP contribution in [-0.2, 0) is 19.1 Å². The monoisotopic (exact) mass is 468 g/mol. The predicted octanol–water partition coefficient (Wildman–Crippen LogP) is 1.88. The van der Waals surface area contributed by atoms with E-state index in [1.807, 2.05) is 48.5 Å². The van der Waals surface area contributed by atoms with Crippen LogP contribution in [0.3, 0.4) is 0 Å². The molecule has 3 atom stereocenters. The summed E-state index contributed by atoms with van der Waals surface area (Å²) in [6, 6.07) is 15.3. The minimum Gasteiger partial charge on any atom is -0.481 e. The zero-order valence-electron chi connectivity index (χ0n) is 18.8. The van der Waals surface area contributed by atoms with E-state index in [1.165, 1.54) is 6.92 Å². The molecule has 0 saturated carbocycles. The van der Waals surface area contributed by atoms with E-state index in [2.05, 4.69) is 10.6 Å². The fraction of sp³-hybridized carbons (Fsp3) is 0.400. The molecule has 180 valence electrons. The van der Waals surface area contributed by atoms with Gasteiger partial charge in [0.1, 0.15) is 12.0 Å². The molecule has 1 aliphatic carbocycles. The lowest BCUT2D eigenvalue weighted by Gasteiger charge is -2.25. The Balaban J connectivity index is 1.24. The summed E-state index contributed by atoms with van der Waals surface area (Å²) in [4.78, 5) is 35.9. The summed E-state index contributed by atoms with van der Waals surface area (Å²) in [6.07, 6.45) is -2.14. The first-order valence-electron chi connectivity index (χ1n) is 11.2. The molecule has 34 heavy (non-hydrogen) atoms. The van der Waals surface area contributed by atoms with Crippen LogP contribution in [0.4, 0.5) is 4.79 Å². The number of hydrogen-bond acceptors (Lipinski definition) is 6. The number of aliphatic carboxylic acids is 1. The maximum atomic E-state index is 12.2. The van der Waals surface area contributed by atoms with Gasteiger partial charge in [-0.2, -0.15) is 0 Å². The molecule has 0 bridgehead atoms. The summed E-state index contributed by atoms with van der Waals surface area (Å²) < 4.78 is 10.6. The maximum Gasteiger partial charge on any atom is 0.407 e. The van der Waals surface area contributed by atoms with Crippen molar-refractivity contribution in [2.24, 2.45) is 5.41 Å². The van der Waals surface area contributed by atoms with Crippen molar-refractivity contribution in [1.29, 1.82) is 0 Å². The van der Waals surface area contributed by atoms with E-state index >= 15 is 0 Å². The second-order valence-electron chi connectivity index (χ2n) is 8.92. The number of hydrogen-bond donors (Lipinski definition) is 4. The zero-order valence-corrected chi connectivity index (χ0v) is 18.8. The van der Waals surface area contributed by atoms with Gasteiger partial charge in [-0.15, -0.1) is 0 Å². The molecule has 1 aliphatic heterocycles. The van der Waals surface area contributed by atoms with Gasteiger partial charge in [0.2, 0.25) is 5.91 Å². The van der Waals surface area contributed by atoms with Gasteiger partial charge < -0.3 is 30.3 Å². The Morgan fingerprint density at radius 1 is 1.12 bits per heavy atom. The molecule has 9 heteroatoms. The predicted molar refractivity (Wildman–Crippen MR) is 122 cm³/mol. The van der Waals surface area contributed by atoms with Crippen LogP contribution in [0, 0.1) is 5.41 Å². The van der Waals surface area contributed by atoms with Gasteiger partial charge in [-0.3, -0.25) is 9.59 Å². The Labute approximate surface area is 197 Å². The molecule has 0 aromatic heterocycles. The molecule has 0 spiro atoms. The minimum absolute atomic E-state index is 0.000820. The van der Waals surface area contributed by atoms with Crippen molar-refractivity contribution in [1.82, 2.24) is 10.6 Å². The van der Waals surface area contributed by atoms with Crippen molar-refractivity contribution >= 4 is 18.0 Å². The Hall–Kier alpha value is -3.43. The van der Waals surface area contributed by atoms with Crippen LogP contribution in [0.15, 0.2) is 48.5 Å². The van der Waals surface area contributed by atoms with Gasteiger partial charge in [0.25, 0.3) is 0 Å². The van der Waals surface area contributed by atoms with E-state index in [1.54, 1.807) is 0 Å². The van der Waals surface area contributed by atoms with Crippen molar-refractivity contribution in [3.8, 4) is 11.1 Å². The van der Waals surface area contributed by atoms with Crippen LogP contribution in [0.1, 0.15) is 30.4 Å². The Morgan fingerprint density at radius 2 is 1.74 bits per heavy atom. The zero-order chi connectivity index (χ0) is 24.3. The lowest BCUT2D eigenvalue weighted by atomic mass is 9.85. The van der Waals surface area contributed by atoms with E-state index in [4.69, 9.17) is 9.47 Å². The molecule has 9 nitrogen and oxygen atoms in total. The van der Waals surface area contributed by atoms with Crippen LogP contribution < -0.4 is 10.6 Å². The van der Waals surface area contributed by atoms with E-state index in [9.17, 15) is 24.6 Å². The average Bonchev–Trinajstić information content (AvgIpc) is 3.35. The average molecular weight is 469 g/mol. The summed E-state index contributed by atoms with van der Waals surface area (Å²) in [5.41, 5.74) is 3.22. The molecule has 3 unspecified atom stereocenters. The van der Waals surface area contributed by atoms with Crippen molar-refractivity contribution < 1.29 is 34.1 Å². The fourth-order valence-electron chi connectivity index (χ4n) is 4.48. The highest BCUT2D eigenvalue weighted by Crippen LogP contribution is 2.44. The third kappa shape index (κ3) is 4.76. The number of nitrogens with one attached hydrogen (secondary N) is 2. The maximum absolute atomic E-state index is 12.2. The van der Waals surface area contributed by atoms with Gasteiger partial charge in [-0.1, -0.05) is 48.5 Å². The van der Waals surface area contributed by atoms with Gasteiger partial charge >= 0.3 is 12.1 Å². The lowest BCUT2D eigenvalue weighted by Crippen LogP contribution is -2.50. The molecule has 1 saturated heterocycles. The third-order valence-corrected chi connectivity index (χ3v) is 6.53. The number of carboxylic acid groups (broad SMARTS) is 1. The number of fused-ring (bicyclic) bond motifs is 3. The van der Waals surface area contributed by atoms with Crippen LogP contribution in [0.25, 0.3) is 11.1 Å². The van der Waals surface area contributed by atoms with Gasteiger partial charge in [0.05, 0.1) is 31.8 Å². The van der Waals surface area contributed by atoms with E-state index in [-0.39, 0.29) is 38.7 Å². The summed E-state index contributed by atoms with van der Waals surface area (Å²) in [5, 5.41) is 24.6. The van der Waals surface area contributed by atoms with Crippen molar-refractivity contribution in [3.05, 3.63) is 59.7 Å².